The van der Waals surface area contributed by atoms with Gasteiger partial charge in [0.1, 0.15) is 0 Å². The average Bonchev–Trinajstić information content (AvgIpc) is 2.63. The van der Waals surface area contributed by atoms with E-state index in [4.69, 9.17) is 0 Å². The molecule has 2 aliphatic rings. The summed E-state index contributed by atoms with van der Waals surface area (Å²) in [6.07, 6.45) is 3.83. The summed E-state index contributed by atoms with van der Waals surface area (Å²) in [4.78, 5) is 26.7. The monoisotopic (exact) mass is 383 g/mol. The van der Waals surface area contributed by atoms with Gasteiger partial charge in [-0.3, -0.25) is 9.59 Å². The molecule has 1 unspecified atom stereocenters. The van der Waals surface area contributed by atoms with Crippen LogP contribution in [0.25, 0.3) is 0 Å². The van der Waals surface area contributed by atoms with Crippen LogP contribution < -0.4 is 10.6 Å². The zero-order chi connectivity index (χ0) is 16.8. The second-order valence-corrected chi connectivity index (χ2v) is 7.56. The molecular weight excluding hydrogens is 358 g/mol. The van der Waals surface area contributed by atoms with E-state index in [1.807, 2.05) is 34.9 Å². The van der Waals surface area contributed by atoms with Gasteiger partial charge < -0.3 is 15.5 Å². The molecule has 25 heavy (non-hydrogen) atoms. The molecule has 3 rings (SSSR count). The summed E-state index contributed by atoms with van der Waals surface area (Å²) in [6, 6.07) is 7.53. The first kappa shape index (κ1) is 20.1. The van der Waals surface area contributed by atoms with Gasteiger partial charge in [-0.15, -0.1) is 12.4 Å². The second-order valence-electron chi connectivity index (χ2n) is 6.41. The van der Waals surface area contributed by atoms with Crippen molar-refractivity contribution in [2.75, 3.05) is 36.5 Å². The zero-order valence-electron chi connectivity index (χ0n) is 14.3. The van der Waals surface area contributed by atoms with Gasteiger partial charge in [0.25, 0.3) is 5.91 Å². The SMILES string of the molecule is Cl.O=C(CC1CSCCN1)Nc1cccc(C(=O)N2CCCCC2)c1. The number of hydrogen-bond donors (Lipinski definition) is 2. The van der Waals surface area contributed by atoms with E-state index in [9.17, 15) is 9.59 Å². The number of rotatable bonds is 4. The lowest BCUT2D eigenvalue weighted by molar-refractivity contribution is -0.116. The van der Waals surface area contributed by atoms with Gasteiger partial charge >= 0.3 is 0 Å². The maximum Gasteiger partial charge on any atom is 0.253 e. The highest BCUT2D eigenvalue weighted by atomic mass is 35.5. The van der Waals surface area contributed by atoms with Crippen molar-refractivity contribution >= 4 is 41.7 Å². The van der Waals surface area contributed by atoms with Gasteiger partial charge in [-0.25, -0.2) is 0 Å². The molecule has 0 aromatic heterocycles. The Bertz CT molecular complexity index is 587. The molecule has 138 valence electrons. The van der Waals surface area contributed by atoms with Crippen LogP contribution in [-0.4, -0.2) is 53.9 Å². The van der Waals surface area contributed by atoms with Crippen LogP contribution in [0.1, 0.15) is 36.0 Å². The first-order valence-corrected chi connectivity index (χ1v) is 9.88. The van der Waals surface area contributed by atoms with Crippen LogP contribution in [0.4, 0.5) is 5.69 Å². The molecule has 0 radical (unpaired) electrons. The third-order valence-corrected chi connectivity index (χ3v) is 5.60. The van der Waals surface area contributed by atoms with E-state index in [1.54, 1.807) is 6.07 Å². The number of hydrogen-bond acceptors (Lipinski definition) is 4. The molecule has 2 fully saturated rings. The van der Waals surface area contributed by atoms with Gasteiger partial charge in [-0.1, -0.05) is 6.07 Å². The van der Waals surface area contributed by atoms with Crippen molar-refractivity contribution in [2.24, 2.45) is 0 Å². The normalized spacial score (nSPS) is 20.5. The minimum absolute atomic E-state index is 0. The van der Waals surface area contributed by atoms with Gasteiger partial charge in [0, 0.05) is 54.9 Å². The fourth-order valence-electron chi connectivity index (χ4n) is 3.20. The standard InChI is InChI=1S/C18H25N3O2S.ClH/c22-17(12-16-13-24-10-7-19-16)20-15-6-4-5-14(11-15)18(23)21-8-2-1-3-9-21;/h4-6,11,16,19H,1-3,7-10,12-13H2,(H,20,22);1H. The number of nitrogens with zero attached hydrogens (tertiary/aromatic N) is 1. The predicted molar refractivity (Wildman–Crippen MR) is 106 cm³/mol. The number of carbonyl (C=O) groups is 2. The van der Waals surface area contributed by atoms with E-state index in [0.717, 1.165) is 44.0 Å². The van der Waals surface area contributed by atoms with Crippen molar-refractivity contribution in [1.29, 1.82) is 0 Å². The molecule has 1 aromatic rings. The molecule has 5 nitrogen and oxygen atoms in total. The van der Waals surface area contributed by atoms with Crippen molar-refractivity contribution in [1.82, 2.24) is 10.2 Å². The van der Waals surface area contributed by atoms with Gasteiger partial charge in [-0.2, -0.15) is 11.8 Å². The maximum atomic E-state index is 12.6. The molecule has 0 spiro atoms. The van der Waals surface area contributed by atoms with Crippen LogP contribution in [0.5, 0.6) is 0 Å². The minimum Gasteiger partial charge on any atom is -0.339 e. The molecule has 2 heterocycles. The molecule has 0 saturated carbocycles. The summed E-state index contributed by atoms with van der Waals surface area (Å²) in [5.74, 6) is 2.15. The van der Waals surface area contributed by atoms with E-state index in [2.05, 4.69) is 10.6 Å². The summed E-state index contributed by atoms with van der Waals surface area (Å²) in [5.41, 5.74) is 1.35. The third-order valence-electron chi connectivity index (χ3n) is 4.47. The minimum atomic E-state index is -0.00225. The van der Waals surface area contributed by atoms with Crippen molar-refractivity contribution in [2.45, 2.75) is 31.7 Å². The Morgan fingerprint density at radius 2 is 2.04 bits per heavy atom. The Kier molecular flexibility index (Phi) is 8.06. The Morgan fingerprint density at radius 1 is 1.24 bits per heavy atom. The predicted octanol–water partition coefficient (Wildman–Crippen LogP) is 2.77. The van der Waals surface area contributed by atoms with Crippen molar-refractivity contribution in [3.8, 4) is 0 Å². The molecule has 0 aliphatic carbocycles. The van der Waals surface area contributed by atoms with Gasteiger partial charge in [0.05, 0.1) is 0 Å². The van der Waals surface area contributed by atoms with Crippen LogP contribution in [0.15, 0.2) is 24.3 Å². The summed E-state index contributed by atoms with van der Waals surface area (Å²) in [5, 5.41) is 6.29. The average molecular weight is 384 g/mol. The summed E-state index contributed by atoms with van der Waals surface area (Å²) in [7, 11) is 0. The number of thioether (sulfide) groups is 1. The molecule has 2 aliphatic heterocycles. The molecule has 2 saturated heterocycles. The fourth-order valence-corrected chi connectivity index (χ4v) is 4.15. The van der Waals surface area contributed by atoms with Crippen LogP contribution in [-0.2, 0) is 4.79 Å². The van der Waals surface area contributed by atoms with E-state index < -0.39 is 0 Å². The van der Waals surface area contributed by atoms with Crippen LogP contribution >= 0.6 is 24.2 Å². The van der Waals surface area contributed by atoms with E-state index in [1.165, 1.54) is 6.42 Å². The first-order valence-electron chi connectivity index (χ1n) is 8.73. The van der Waals surface area contributed by atoms with Crippen molar-refractivity contribution < 1.29 is 9.59 Å². The molecule has 7 heteroatoms. The Hall–Kier alpha value is -1.24. The van der Waals surface area contributed by atoms with Gasteiger partial charge in [0.2, 0.25) is 5.91 Å². The lowest BCUT2D eigenvalue weighted by atomic mass is 10.1. The quantitative estimate of drug-likeness (QED) is 0.839. The Morgan fingerprint density at radius 3 is 2.76 bits per heavy atom. The smallest absolute Gasteiger partial charge is 0.253 e. The topological polar surface area (TPSA) is 61.4 Å². The second kappa shape index (κ2) is 10.0. The molecule has 0 bridgehead atoms. The van der Waals surface area contributed by atoms with Crippen LogP contribution in [0.2, 0.25) is 0 Å². The Labute approximate surface area is 159 Å². The lowest BCUT2D eigenvalue weighted by Gasteiger charge is -2.27. The number of carbonyl (C=O) groups excluding carboxylic acids is 2. The Balaban J connectivity index is 0.00000225. The number of likely N-dealkylation sites (tertiary alicyclic amines) is 1. The highest BCUT2D eigenvalue weighted by Gasteiger charge is 2.19. The molecule has 2 N–H and O–H groups in total. The van der Waals surface area contributed by atoms with Crippen LogP contribution in [0, 0.1) is 0 Å². The molecule has 1 atom stereocenters. The summed E-state index contributed by atoms with van der Waals surface area (Å²) >= 11 is 1.88. The highest BCUT2D eigenvalue weighted by molar-refractivity contribution is 7.99. The van der Waals surface area contributed by atoms with Crippen LogP contribution in [0.3, 0.4) is 0 Å². The number of amides is 2. The largest absolute Gasteiger partial charge is 0.339 e. The van der Waals surface area contributed by atoms with E-state index in [0.29, 0.717) is 17.7 Å². The molecule has 2 amide bonds. The van der Waals surface area contributed by atoms with Crippen molar-refractivity contribution in [3.05, 3.63) is 29.8 Å². The highest BCUT2D eigenvalue weighted by Crippen LogP contribution is 2.17. The third kappa shape index (κ3) is 5.90. The summed E-state index contributed by atoms with van der Waals surface area (Å²) in [6.45, 7) is 2.63. The number of anilines is 1. The number of benzene rings is 1. The van der Waals surface area contributed by atoms with Gasteiger partial charge in [-0.05, 0) is 37.5 Å². The number of piperidine rings is 1. The summed E-state index contributed by atoms with van der Waals surface area (Å²) < 4.78 is 0. The number of halogens is 1. The first-order chi connectivity index (χ1) is 11.7. The lowest BCUT2D eigenvalue weighted by Crippen LogP contribution is -2.39. The van der Waals surface area contributed by atoms with Gasteiger partial charge in [0.15, 0.2) is 0 Å². The van der Waals surface area contributed by atoms with E-state index in [-0.39, 0.29) is 30.3 Å². The zero-order valence-corrected chi connectivity index (χ0v) is 16.0. The van der Waals surface area contributed by atoms with E-state index >= 15 is 0 Å². The molecular formula is C18H26ClN3O2S. The van der Waals surface area contributed by atoms with Crippen molar-refractivity contribution in [3.63, 3.8) is 0 Å². The molecule has 1 aromatic carbocycles. The maximum absolute atomic E-state index is 12.6. The number of nitrogens with one attached hydrogen (secondary N) is 2. The fraction of sp³-hybridized carbons (Fsp3) is 0.556.